The van der Waals surface area contributed by atoms with Gasteiger partial charge in [0.05, 0.1) is 31.4 Å². The number of carbonyl (C=O) groups is 1. The molecule has 0 saturated heterocycles. The van der Waals surface area contributed by atoms with Gasteiger partial charge in [-0.05, 0) is 17.7 Å². The van der Waals surface area contributed by atoms with Crippen molar-refractivity contribution in [1.82, 2.24) is 19.9 Å². The maximum Gasteiger partial charge on any atom is 0.261 e. The molecule has 8 nitrogen and oxygen atoms in total. The largest absolute Gasteiger partial charge is 0.493 e. The minimum absolute atomic E-state index is 0.129. The molecule has 1 aromatic carbocycles. The van der Waals surface area contributed by atoms with Crippen LogP contribution in [0.3, 0.4) is 0 Å². The Bertz CT molecular complexity index is 986. The number of carbonyl (C=O) groups excluding carboxylic acids is 1. The van der Waals surface area contributed by atoms with E-state index in [0.29, 0.717) is 28.9 Å². The van der Waals surface area contributed by atoms with Crippen molar-refractivity contribution >= 4 is 16.8 Å². The smallest absolute Gasteiger partial charge is 0.261 e. The van der Waals surface area contributed by atoms with Crippen LogP contribution in [0.4, 0.5) is 0 Å². The van der Waals surface area contributed by atoms with E-state index in [1.54, 1.807) is 30.6 Å². The molecule has 0 aliphatic heterocycles. The fourth-order valence-electron chi connectivity index (χ4n) is 2.51. The van der Waals surface area contributed by atoms with Gasteiger partial charge in [-0.15, -0.1) is 0 Å². The summed E-state index contributed by atoms with van der Waals surface area (Å²) in [5.41, 5.74) is 1.02. The second kappa shape index (κ2) is 7.64. The molecule has 3 aromatic rings. The summed E-state index contributed by atoms with van der Waals surface area (Å²) in [5, 5.41) is 3.10. The van der Waals surface area contributed by atoms with Crippen LogP contribution in [0.2, 0.25) is 0 Å². The van der Waals surface area contributed by atoms with E-state index in [2.05, 4.69) is 15.3 Å². The second-order valence-electron chi connectivity index (χ2n) is 5.54. The average Bonchev–Trinajstić information content (AvgIpc) is 2.68. The number of methoxy groups -OCH3 is 2. The predicted molar refractivity (Wildman–Crippen MR) is 95.2 cm³/mol. The van der Waals surface area contributed by atoms with Gasteiger partial charge in [0, 0.05) is 25.0 Å². The van der Waals surface area contributed by atoms with Crippen molar-refractivity contribution in [3.8, 4) is 11.5 Å². The van der Waals surface area contributed by atoms with E-state index in [9.17, 15) is 9.59 Å². The summed E-state index contributed by atoms with van der Waals surface area (Å²) in [6.45, 7) is 0.212. The van der Waals surface area contributed by atoms with Crippen molar-refractivity contribution in [3.63, 3.8) is 0 Å². The first kappa shape index (κ1) is 17.4. The molecule has 3 rings (SSSR count). The molecular formula is C18H18N4O4. The lowest BCUT2D eigenvalue weighted by molar-refractivity contribution is -0.121. The third-order valence-corrected chi connectivity index (χ3v) is 3.86. The molecule has 2 heterocycles. The highest BCUT2D eigenvalue weighted by Crippen LogP contribution is 2.29. The number of benzene rings is 1. The van der Waals surface area contributed by atoms with Crippen molar-refractivity contribution in [3.05, 3.63) is 58.9 Å². The van der Waals surface area contributed by atoms with Gasteiger partial charge in [-0.3, -0.25) is 19.1 Å². The van der Waals surface area contributed by atoms with E-state index in [1.165, 1.54) is 25.1 Å². The van der Waals surface area contributed by atoms with Crippen LogP contribution in [0, 0.1) is 0 Å². The molecule has 0 aliphatic carbocycles. The highest BCUT2D eigenvalue weighted by Gasteiger charge is 2.12. The summed E-state index contributed by atoms with van der Waals surface area (Å²) in [6, 6.07) is 6.84. The molecule has 0 saturated carbocycles. The first-order valence-corrected chi connectivity index (χ1v) is 7.89. The number of nitrogens with zero attached hydrogens (tertiary/aromatic N) is 3. The number of aromatic nitrogens is 3. The molecule has 134 valence electrons. The van der Waals surface area contributed by atoms with Crippen molar-refractivity contribution in [2.75, 3.05) is 14.2 Å². The summed E-state index contributed by atoms with van der Waals surface area (Å²) < 4.78 is 11.7. The van der Waals surface area contributed by atoms with Crippen LogP contribution < -0.4 is 20.3 Å². The molecule has 1 amide bonds. The van der Waals surface area contributed by atoms with Gasteiger partial charge in [-0.25, -0.2) is 4.98 Å². The monoisotopic (exact) mass is 354 g/mol. The molecule has 0 fully saturated rings. The normalized spacial score (nSPS) is 10.5. The van der Waals surface area contributed by atoms with Crippen LogP contribution in [0.1, 0.15) is 5.56 Å². The van der Waals surface area contributed by atoms with E-state index in [4.69, 9.17) is 9.47 Å². The van der Waals surface area contributed by atoms with E-state index in [1.807, 2.05) is 6.07 Å². The van der Waals surface area contributed by atoms with Crippen LogP contribution in [-0.2, 0) is 17.9 Å². The quantitative estimate of drug-likeness (QED) is 0.713. The molecule has 8 heteroatoms. The molecule has 0 unspecified atom stereocenters. The summed E-state index contributed by atoms with van der Waals surface area (Å²) in [7, 11) is 3.00. The lowest BCUT2D eigenvalue weighted by atomic mass is 10.2. The molecule has 0 radical (unpaired) electrons. The van der Waals surface area contributed by atoms with E-state index < -0.39 is 0 Å². The summed E-state index contributed by atoms with van der Waals surface area (Å²) in [6.07, 6.45) is 4.68. The van der Waals surface area contributed by atoms with Gasteiger partial charge in [-0.1, -0.05) is 6.07 Å². The zero-order valence-electron chi connectivity index (χ0n) is 14.4. The first-order valence-electron chi connectivity index (χ1n) is 7.89. The molecule has 1 N–H and O–H groups in total. The number of rotatable bonds is 6. The third kappa shape index (κ3) is 3.64. The maximum absolute atomic E-state index is 12.6. The standard InChI is InChI=1S/C18H18N4O4/c1-25-15-6-13-14(7-16(15)26-2)21-11-22(18(13)24)10-17(23)20-9-12-4-3-5-19-8-12/h3-8,11H,9-10H2,1-2H3,(H,20,23). The Kier molecular flexibility index (Phi) is 5.12. The molecule has 0 bridgehead atoms. The topological polar surface area (TPSA) is 95.3 Å². The Morgan fingerprint density at radius 1 is 1.23 bits per heavy atom. The first-order chi connectivity index (χ1) is 12.6. The van der Waals surface area contributed by atoms with Crippen molar-refractivity contribution in [1.29, 1.82) is 0 Å². The highest BCUT2D eigenvalue weighted by atomic mass is 16.5. The number of pyridine rings is 1. The predicted octanol–water partition coefficient (Wildman–Crippen LogP) is 1.13. The van der Waals surface area contributed by atoms with Gasteiger partial charge in [0.15, 0.2) is 11.5 Å². The summed E-state index contributed by atoms with van der Waals surface area (Å²) in [5.74, 6) is 0.620. The molecule has 0 aliphatic rings. The SMILES string of the molecule is COc1cc2ncn(CC(=O)NCc3cccnc3)c(=O)c2cc1OC. The number of amides is 1. The molecular weight excluding hydrogens is 336 g/mol. The number of fused-ring (bicyclic) bond motifs is 1. The van der Waals surface area contributed by atoms with Crippen LogP contribution >= 0.6 is 0 Å². The van der Waals surface area contributed by atoms with Crippen LogP contribution in [-0.4, -0.2) is 34.7 Å². The minimum Gasteiger partial charge on any atom is -0.493 e. The minimum atomic E-state index is -0.326. The highest BCUT2D eigenvalue weighted by molar-refractivity contribution is 5.82. The number of hydrogen-bond acceptors (Lipinski definition) is 6. The molecule has 2 aromatic heterocycles. The van der Waals surface area contributed by atoms with Gasteiger partial charge in [0.1, 0.15) is 6.54 Å². The maximum atomic E-state index is 12.6. The number of ether oxygens (including phenoxy) is 2. The van der Waals surface area contributed by atoms with Gasteiger partial charge < -0.3 is 14.8 Å². The fraction of sp³-hybridized carbons (Fsp3) is 0.222. The van der Waals surface area contributed by atoms with Crippen LogP contribution in [0.15, 0.2) is 47.8 Å². The number of hydrogen-bond donors (Lipinski definition) is 1. The Morgan fingerprint density at radius 2 is 2.00 bits per heavy atom. The van der Waals surface area contributed by atoms with Gasteiger partial charge in [0.25, 0.3) is 5.56 Å². The molecule has 26 heavy (non-hydrogen) atoms. The van der Waals surface area contributed by atoms with Crippen molar-refractivity contribution < 1.29 is 14.3 Å². The van der Waals surface area contributed by atoms with E-state index >= 15 is 0 Å². The van der Waals surface area contributed by atoms with Gasteiger partial charge in [0.2, 0.25) is 5.91 Å². The molecule has 0 atom stereocenters. The molecule has 0 spiro atoms. The van der Waals surface area contributed by atoms with E-state index in [-0.39, 0.29) is 18.0 Å². The lowest BCUT2D eigenvalue weighted by Crippen LogP contribution is -2.32. The summed E-state index contributed by atoms with van der Waals surface area (Å²) >= 11 is 0. The van der Waals surface area contributed by atoms with Crippen LogP contribution in [0.25, 0.3) is 10.9 Å². The Hall–Kier alpha value is -3.42. The number of nitrogens with one attached hydrogen (secondary N) is 1. The van der Waals surface area contributed by atoms with Gasteiger partial charge >= 0.3 is 0 Å². The second-order valence-corrected chi connectivity index (χ2v) is 5.54. The Morgan fingerprint density at radius 3 is 2.69 bits per heavy atom. The zero-order valence-corrected chi connectivity index (χ0v) is 14.4. The van der Waals surface area contributed by atoms with Crippen molar-refractivity contribution in [2.45, 2.75) is 13.1 Å². The third-order valence-electron chi connectivity index (χ3n) is 3.86. The fourth-order valence-corrected chi connectivity index (χ4v) is 2.51. The van der Waals surface area contributed by atoms with Gasteiger partial charge in [-0.2, -0.15) is 0 Å². The van der Waals surface area contributed by atoms with Crippen LogP contribution in [0.5, 0.6) is 11.5 Å². The van der Waals surface area contributed by atoms with Crippen molar-refractivity contribution in [2.24, 2.45) is 0 Å². The summed E-state index contributed by atoms with van der Waals surface area (Å²) in [4.78, 5) is 33.0. The lowest BCUT2D eigenvalue weighted by Gasteiger charge is -2.11. The Balaban J connectivity index is 1.80. The Labute approximate surface area is 149 Å². The van der Waals surface area contributed by atoms with E-state index in [0.717, 1.165) is 5.56 Å². The zero-order chi connectivity index (χ0) is 18.5. The average molecular weight is 354 g/mol.